The molecular weight excluding hydrogens is 174 g/mol. The van der Waals surface area contributed by atoms with Crippen molar-refractivity contribution in [2.75, 3.05) is 0 Å². The molecule has 0 atom stereocenters. The standard InChI is InChI=1S/C8H5NO4/c10-8(11)12-7-5-3-1-2-4-6(5)13-9-7/h1-4H,(H,10,11). The maximum atomic E-state index is 10.2. The lowest BCUT2D eigenvalue weighted by Crippen LogP contribution is -2.03. The van der Waals surface area contributed by atoms with Gasteiger partial charge in [0.2, 0.25) is 0 Å². The molecule has 13 heavy (non-hydrogen) atoms. The maximum absolute atomic E-state index is 10.2. The second-order valence-electron chi connectivity index (χ2n) is 2.35. The summed E-state index contributed by atoms with van der Waals surface area (Å²) in [6.07, 6.45) is -1.40. The van der Waals surface area contributed by atoms with Gasteiger partial charge in [-0.15, -0.1) is 0 Å². The summed E-state index contributed by atoms with van der Waals surface area (Å²) in [6, 6.07) is 6.85. The molecule has 2 aromatic rings. The first-order valence-electron chi connectivity index (χ1n) is 3.52. The number of rotatable bonds is 1. The van der Waals surface area contributed by atoms with Crippen LogP contribution in [0.5, 0.6) is 5.88 Å². The van der Waals surface area contributed by atoms with Crippen LogP contribution in [0, 0.1) is 0 Å². The quantitative estimate of drug-likeness (QED) is 0.676. The number of para-hydroxylation sites is 1. The van der Waals surface area contributed by atoms with Crippen LogP contribution in [0.2, 0.25) is 0 Å². The van der Waals surface area contributed by atoms with E-state index in [9.17, 15) is 4.79 Å². The van der Waals surface area contributed by atoms with Crippen LogP contribution in [-0.4, -0.2) is 16.4 Å². The van der Waals surface area contributed by atoms with Gasteiger partial charge in [0.05, 0.1) is 5.39 Å². The minimum absolute atomic E-state index is 0.0249. The van der Waals surface area contributed by atoms with E-state index in [-0.39, 0.29) is 5.88 Å². The largest absolute Gasteiger partial charge is 0.512 e. The summed E-state index contributed by atoms with van der Waals surface area (Å²) in [5.41, 5.74) is 0.499. The number of ether oxygens (including phenoxy) is 1. The molecule has 0 aliphatic carbocycles. The van der Waals surface area contributed by atoms with Gasteiger partial charge in [-0.2, -0.15) is 0 Å². The fourth-order valence-electron chi connectivity index (χ4n) is 1.02. The summed E-state index contributed by atoms with van der Waals surface area (Å²) in [4.78, 5) is 10.2. The number of carbonyl (C=O) groups is 1. The van der Waals surface area contributed by atoms with Crippen molar-refractivity contribution in [3.63, 3.8) is 0 Å². The molecule has 0 unspecified atom stereocenters. The Labute approximate surface area is 72.5 Å². The highest BCUT2D eigenvalue weighted by Crippen LogP contribution is 2.23. The van der Waals surface area contributed by atoms with Crippen LogP contribution in [0.25, 0.3) is 11.0 Å². The van der Waals surface area contributed by atoms with Gasteiger partial charge in [0.25, 0.3) is 5.88 Å². The predicted molar refractivity (Wildman–Crippen MR) is 42.7 cm³/mol. The molecular formula is C8H5NO4. The van der Waals surface area contributed by atoms with Crippen molar-refractivity contribution in [1.29, 1.82) is 0 Å². The van der Waals surface area contributed by atoms with Gasteiger partial charge in [0, 0.05) is 0 Å². The van der Waals surface area contributed by atoms with Crippen molar-refractivity contribution >= 4 is 17.1 Å². The molecule has 1 heterocycles. The number of fused-ring (bicyclic) bond motifs is 1. The van der Waals surface area contributed by atoms with Gasteiger partial charge in [-0.3, -0.25) is 0 Å². The Kier molecular flexibility index (Phi) is 1.63. The van der Waals surface area contributed by atoms with Crippen molar-refractivity contribution in [3.8, 4) is 5.88 Å². The minimum Gasteiger partial charge on any atom is -0.449 e. The SMILES string of the molecule is O=C(O)Oc1noc2ccccc12. The molecule has 1 aromatic carbocycles. The van der Waals surface area contributed by atoms with E-state index < -0.39 is 6.16 Å². The van der Waals surface area contributed by atoms with Crippen molar-refractivity contribution < 1.29 is 19.2 Å². The van der Waals surface area contributed by atoms with Gasteiger partial charge in [-0.1, -0.05) is 12.1 Å². The van der Waals surface area contributed by atoms with Crippen molar-refractivity contribution in [2.24, 2.45) is 0 Å². The molecule has 2 rings (SSSR count). The summed E-state index contributed by atoms with van der Waals surface area (Å²) in [6.45, 7) is 0. The first-order valence-corrected chi connectivity index (χ1v) is 3.52. The highest BCUT2D eigenvalue weighted by molar-refractivity contribution is 5.83. The van der Waals surface area contributed by atoms with Crippen LogP contribution in [0.1, 0.15) is 0 Å². The van der Waals surface area contributed by atoms with Crippen molar-refractivity contribution in [2.45, 2.75) is 0 Å². The molecule has 0 aliphatic rings. The Morgan fingerprint density at radius 3 is 3.00 bits per heavy atom. The van der Waals surface area contributed by atoms with Gasteiger partial charge in [-0.25, -0.2) is 4.79 Å². The molecule has 1 aromatic heterocycles. The molecule has 0 bridgehead atoms. The Bertz CT molecular complexity index is 448. The molecule has 0 amide bonds. The molecule has 0 radical (unpaired) electrons. The van der Waals surface area contributed by atoms with Crippen LogP contribution in [0.15, 0.2) is 28.8 Å². The molecule has 0 fully saturated rings. The van der Waals surface area contributed by atoms with E-state index in [1.807, 2.05) is 0 Å². The number of benzene rings is 1. The van der Waals surface area contributed by atoms with Gasteiger partial charge >= 0.3 is 6.16 Å². The summed E-state index contributed by atoms with van der Waals surface area (Å²) in [7, 11) is 0. The van der Waals surface area contributed by atoms with E-state index in [1.54, 1.807) is 24.3 Å². The van der Waals surface area contributed by atoms with E-state index in [0.29, 0.717) is 11.0 Å². The number of hydrogen-bond donors (Lipinski definition) is 1. The zero-order chi connectivity index (χ0) is 9.26. The third kappa shape index (κ3) is 1.31. The van der Waals surface area contributed by atoms with Crippen molar-refractivity contribution in [3.05, 3.63) is 24.3 Å². The summed E-state index contributed by atoms with van der Waals surface area (Å²) >= 11 is 0. The molecule has 0 saturated heterocycles. The number of hydrogen-bond acceptors (Lipinski definition) is 4. The minimum atomic E-state index is -1.40. The van der Waals surface area contributed by atoms with E-state index in [4.69, 9.17) is 9.63 Å². The van der Waals surface area contributed by atoms with Crippen LogP contribution in [0.4, 0.5) is 4.79 Å². The molecule has 0 spiro atoms. The fraction of sp³-hybridized carbons (Fsp3) is 0. The lowest BCUT2D eigenvalue weighted by Gasteiger charge is -1.91. The average molecular weight is 179 g/mol. The second-order valence-corrected chi connectivity index (χ2v) is 2.35. The number of nitrogens with zero attached hydrogens (tertiary/aromatic N) is 1. The zero-order valence-electron chi connectivity index (χ0n) is 6.43. The van der Waals surface area contributed by atoms with Crippen LogP contribution in [0.3, 0.4) is 0 Å². The molecule has 0 saturated carbocycles. The summed E-state index contributed by atoms with van der Waals surface area (Å²) in [5, 5.41) is 12.3. The monoisotopic (exact) mass is 179 g/mol. The first kappa shape index (κ1) is 7.60. The molecule has 66 valence electrons. The fourth-order valence-corrected chi connectivity index (χ4v) is 1.02. The third-order valence-electron chi connectivity index (χ3n) is 1.53. The summed E-state index contributed by atoms with van der Waals surface area (Å²) < 4.78 is 9.19. The second kappa shape index (κ2) is 2.78. The topological polar surface area (TPSA) is 72.6 Å². The highest BCUT2D eigenvalue weighted by Gasteiger charge is 2.11. The number of aromatic nitrogens is 1. The van der Waals surface area contributed by atoms with E-state index in [2.05, 4.69) is 9.89 Å². The molecule has 0 aliphatic heterocycles. The zero-order valence-corrected chi connectivity index (χ0v) is 6.43. The van der Waals surface area contributed by atoms with Crippen molar-refractivity contribution in [1.82, 2.24) is 5.16 Å². The third-order valence-corrected chi connectivity index (χ3v) is 1.53. The molecule has 5 heteroatoms. The Hall–Kier alpha value is -2.04. The van der Waals surface area contributed by atoms with Gasteiger partial charge in [-0.05, 0) is 17.3 Å². The van der Waals surface area contributed by atoms with E-state index >= 15 is 0 Å². The van der Waals surface area contributed by atoms with Crippen LogP contribution < -0.4 is 4.74 Å². The smallest absolute Gasteiger partial charge is 0.449 e. The lowest BCUT2D eigenvalue weighted by molar-refractivity contribution is 0.141. The highest BCUT2D eigenvalue weighted by atomic mass is 16.7. The molecule has 1 N–H and O–H groups in total. The normalized spacial score (nSPS) is 10.2. The Balaban J connectivity index is 2.51. The predicted octanol–water partition coefficient (Wildman–Crippen LogP) is 1.88. The number of carboxylic acid groups (broad SMARTS) is 1. The van der Waals surface area contributed by atoms with Gasteiger partial charge in [0.1, 0.15) is 0 Å². The van der Waals surface area contributed by atoms with Gasteiger partial charge < -0.3 is 14.4 Å². The van der Waals surface area contributed by atoms with E-state index in [1.165, 1.54) is 0 Å². The summed E-state index contributed by atoms with van der Waals surface area (Å²) in [5.74, 6) is -0.0249. The van der Waals surface area contributed by atoms with Crippen LogP contribution in [-0.2, 0) is 0 Å². The Morgan fingerprint density at radius 2 is 2.23 bits per heavy atom. The van der Waals surface area contributed by atoms with Gasteiger partial charge in [0.15, 0.2) is 5.58 Å². The lowest BCUT2D eigenvalue weighted by atomic mass is 10.3. The Morgan fingerprint density at radius 1 is 1.46 bits per heavy atom. The molecule has 5 nitrogen and oxygen atoms in total. The van der Waals surface area contributed by atoms with Crippen LogP contribution >= 0.6 is 0 Å². The first-order chi connectivity index (χ1) is 6.27. The average Bonchev–Trinajstić information content (AvgIpc) is 2.48. The maximum Gasteiger partial charge on any atom is 0.512 e. The van der Waals surface area contributed by atoms with E-state index in [0.717, 1.165) is 0 Å².